The molecular formula is C17H32N2OS2. The zero-order chi connectivity index (χ0) is 15.6. The van der Waals surface area contributed by atoms with Gasteiger partial charge in [0.15, 0.2) is 0 Å². The molecule has 2 amide bonds. The second-order valence-corrected chi connectivity index (χ2v) is 9.29. The highest BCUT2D eigenvalue weighted by Crippen LogP contribution is 2.39. The van der Waals surface area contributed by atoms with Crippen molar-refractivity contribution in [3.63, 3.8) is 0 Å². The molecule has 0 bridgehead atoms. The molecule has 0 radical (unpaired) electrons. The monoisotopic (exact) mass is 344 g/mol. The van der Waals surface area contributed by atoms with Crippen molar-refractivity contribution < 1.29 is 4.79 Å². The number of urea groups is 1. The molecule has 0 heterocycles. The van der Waals surface area contributed by atoms with E-state index in [4.69, 9.17) is 0 Å². The van der Waals surface area contributed by atoms with Gasteiger partial charge in [0.05, 0.1) is 0 Å². The van der Waals surface area contributed by atoms with E-state index in [0.29, 0.717) is 10.5 Å². The fourth-order valence-corrected chi connectivity index (χ4v) is 6.05. The van der Waals surface area contributed by atoms with Gasteiger partial charge in [-0.1, -0.05) is 51.9 Å². The highest BCUT2D eigenvalue weighted by Gasteiger charge is 2.26. The molecule has 0 aromatic rings. The zero-order valence-electron chi connectivity index (χ0n) is 14.0. The van der Waals surface area contributed by atoms with Crippen LogP contribution in [-0.4, -0.2) is 26.8 Å². The van der Waals surface area contributed by atoms with E-state index < -0.39 is 0 Å². The molecule has 22 heavy (non-hydrogen) atoms. The fraction of sp³-hybridized carbons (Fsp3) is 0.941. The van der Waals surface area contributed by atoms with Gasteiger partial charge in [-0.3, -0.25) is 0 Å². The SMILES string of the molecule is CCCCNC(=O)N(SC1CCCCC1)SC1CCCCC1. The summed E-state index contributed by atoms with van der Waals surface area (Å²) in [4.78, 5) is 12.5. The summed E-state index contributed by atoms with van der Waals surface area (Å²) in [5.41, 5.74) is 0. The first kappa shape index (κ1) is 18.3. The molecule has 3 nitrogen and oxygen atoms in total. The van der Waals surface area contributed by atoms with Crippen LogP contribution in [0.3, 0.4) is 0 Å². The van der Waals surface area contributed by atoms with Crippen LogP contribution in [0.4, 0.5) is 4.79 Å². The Bertz CT molecular complexity index is 296. The van der Waals surface area contributed by atoms with Crippen molar-refractivity contribution in [1.29, 1.82) is 0 Å². The Morgan fingerprint density at radius 1 is 0.955 bits per heavy atom. The number of hydrogen-bond donors (Lipinski definition) is 1. The Balaban J connectivity index is 1.84. The Kier molecular flexibility index (Phi) is 8.90. The van der Waals surface area contributed by atoms with Gasteiger partial charge >= 0.3 is 6.03 Å². The molecule has 5 heteroatoms. The van der Waals surface area contributed by atoms with Gasteiger partial charge in [0.2, 0.25) is 0 Å². The minimum Gasteiger partial charge on any atom is -0.337 e. The van der Waals surface area contributed by atoms with E-state index in [0.717, 1.165) is 19.4 Å². The van der Waals surface area contributed by atoms with Gasteiger partial charge in [-0.2, -0.15) is 0 Å². The van der Waals surface area contributed by atoms with Gasteiger partial charge in [-0.25, -0.2) is 8.51 Å². The minimum atomic E-state index is 0.125. The van der Waals surface area contributed by atoms with Crippen LogP contribution in [0.15, 0.2) is 0 Å². The van der Waals surface area contributed by atoms with Gasteiger partial charge < -0.3 is 5.32 Å². The molecule has 1 N–H and O–H groups in total. The van der Waals surface area contributed by atoms with E-state index in [9.17, 15) is 4.79 Å². The lowest BCUT2D eigenvalue weighted by molar-refractivity contribution is 0.238. The Morgan fingerprint density at radius 3 is 1.91 bits per heavy atom. The number of nitrogens with zero attached hydrogens (tertiary/aromatic N) is 1. The van der Waals surface area contributed by atoms with Crippen molar-refractivity contribution in [2.45, 2.75) is 94.5 Å². The normalized spacial score (nSPS) is 20.8. The average Bonchev–Trinajstić information content (AvgIpc) is 2.56. The molecule has 0 aromatic heterocycles. The third-order valence-electron chi connectivity index (χ3n) is 4.57. The molecule has 2 saturated carbocycles. The Morgan fingerprint density at radius 2 is 1.45 bits per heavy atom. The number of nitrogens with one attached hydrogen (secondary N) is 1. The first-order valence-corrected chi connectivity index (χ1v) is 10.9. The number of unbranched alkanes of at least 4 members (excludes halogenated alkanes) is 1. The number of hydrogen-bond acceptors (Lipinski definition) is 3. The Hall–Kier alpha value is -0.0300. The summed E-state index contributed by atoms with van der Waals surface area (Å²) in [6.07, 6.45) is 15.4. The maximum Gasteiger partial charge on any atom is 0.337 e. The van der Waals surface area contributed by atoms with Crippen molar-refractivity contribution in [2.24, 2.45) is 0 Å². The van der Waals surface area contributed by atoms with E-state index in [1.165, 1.54) is 64.2 Å². The third-order valence-corrected chi connectivity index (χ3v) is 7.34. The van der Waals surface area contributed by atoms with Crippen molar-refractivity contribution in [1.82, 2.24) is 9.03 Å². The number of carbonyl (C=O) groups excluding carboxylic acids is 1. The molecule has 0 atom stereocenters. The molecule has 128 valence electrons. The van der Waals surface area contributed by atoms with Crippen LogP contribution in [-0.2, 0) is 0 Å². The summed E-state index contributed by atoms with van der Waals surface area (Å²) in [6.45, 7) is 2.97. The van der Waals surface area contributed by atoms with E-state index in [2.05, 4.69) is 12.2 Å². The number of rotatable bonds is 7. The second-order valence-electron chi connectivity index (χ2n) is 6.57. The van der Waals surface area contributed by atoms with Crippen molar-refractivity contribution in [3.8, 4) is 0 Å². The Labute approximate surface area is 145 Å². The van der Waals surface area contributed by atoms with E-state index in [1.54, 1.807) is 0 Å². The lowest BCUT2D eigenvalue weighted by Crippen LogP contribution is -2.35. The van der Waals surface area contributed by atoms with Crippen LogP contribution in [0.2, 0.25) is 0 Å². The number of amides is 2. The summed E-state index contributed by atoms with van der Waals surface area (Å²) >= 11 is 3.62. The van der Waals surface area contributed by atoms with Crippen LogP contribution in [0, 0.1) is 0 Å². The van der Waals surface area contributed by atoms with Gasteiger partial charge in [0.1, 0.15) is 0 Å². The van der Waals surface area contributed by atoms with Crippen LogP contribution < -0.4 is 5.32 Å². The molecule has 2 fully saturated rings. The molecule has 0 aliphatic heterocycles. The molecule has 0 saturated heterocycles. The molecule has 2 aliphatic carbocycles. The van der Waals surface area contributed by atoms with Crippen LogP contribution in [0.5, 0.6) is 0 Å². The summed E-state index contributed by atoms with van der Waals surface area (Å²) < 4.78 is 2.00. The highest BCUT2D eigenvalue weighted by molar-refractivity contribution is 8.13. The van der Waals surface area contributed by atoms with Crippen LogP contribution >= 0.6 is 23.9 Å². The second kappa shape index (κ2) is 10.7. The molecule has 0 aromatic carbocycles. The topological polar surface area (TPSA) is 32.3 Å². The largest absolute Gasteiger partial charge is 0.337 e. The average molecular weight is 345 g/mol. The minimum absolute atomic E-state index is 0.125. The van der Waals surface area contributed by atoms with Crippen molar-refractivity contribution in [2.75, 3.05) is 6.54 Å². The first-order chi connectivity index (χ1) is 10.8. The predicted molar refractivity (Wildman–Crippen MR) is 99.1 cm³/mol. The molecular weight excluding hydrogens is 312 g/mol. The zero-order valence-corrected chi connectivity index (χ0v) is 15.7. The van der Waals surface area contributed by atoms with Gasteiger partial charge in [0.25, 0.3) is 0 Å². The van der Waals surface area contributed by atoms with E-state index >= 15 is 0 Å². The van der Waals surface area contributed by atoms with E-state index in [1.807, 2.05) is 27.6 Å². The predicted octanol–water partition coefficient (Wildman–Crippen LogP) is 5.76. The maximum absolute atomic E-state index is 12.5. The first-order valence-electron chi connectivity index (χ1n) is 9.21. The van der Waals surface area contributed by atoms with Gasteiger partial charge in [-0.15, -0.1) is 0 Å². The summed E-state index contributed by atoms with van der Waals surface area (Å²) in [7, 11) is 0. The summed E-state index contributed by atoms with van der Waals surface area (Å²) in [5.74, 6) is 0. The lowest BCUT2D eigenvalue weighted by Gasteiger charge is -2.31. The summed E-state index contributed by atoms with van der Waals surface area (Å²) in [5, 5.41) is 4.39. The quantitative estimate of drug-likeness (QED) is 0.471. The fourth-order valence-electron chi connectivity index (χ4n) is 3.17. The lowest BCUT2D eigenvalue weighted by atomic mass is 10.0. The standard InChI is InChI=1S/C17H32N2OS2/c1-2-3-14-18-17(20)19(21-15-10-6-4-7-11-15)22-16-12-8-5-9-13-16/h15-16H,2-14H2,1H3,(H,18,20). The molecule has 0 spiro atoms. The molecule has 2 rings (SSSR count). The molecule has 0 unspecified atom stereocenters. The molecule has 2 aliphatic rings. The third kappa shape index (κ3) is 6.61. The summed E-state index contributed by atoms with van der Waals surface area (Å²) in [6, 6.07) is 0.125. The van der Waals surface area contributed by atoms with Crippen molar-refractivity contribution >= 4 is 29.9 Å². The van der Waals surface area contributed by atoms with Crippen molar-refractivity contribution in [3.05, 3.63) is 0 Å². The van der Waals surface area contributed by atoms with E-state index in [-0.39, 0.29) is 6.03 Å². The number of carbonyl (C=O) groups is 1. The maximum atomic E-state index is 12.5. The van der Waals surface area contributed by atoms with Crippen LogP contribution in [0.1, 0.15) is 84.0 Å². The van der Waals surface area contributed by atoms with Gasteiger partial charge in [-0.05, 0) is 56.0 Å². The smallest absolute Gasteiger partial charge is 0.337 e. The van der Waals surface area contributed by atoms with Crippen LogP contribution in [0.25, 0.3) is 0 Å². The highest BCUT2D eigenvalue weighted by atomic mass is 32.2. The van der Waals surface area contributed by atoms with Gasteiger partial charge in [0, 0.05) is 17.0 Å².